The maximum Gasteiger partial charge on any atom is 0.119 e. The summed E-state index contributed by atoms with van der Waals surface area (Å²) in [5, 5.41) is 10.3. The summed E-state index contributed by atoms with van der Waals surface area (Å²) in [5.41, 5.74) is 2.72. The van der Waals surface area contributed by atoms with E-state index < -0.39 is 6.10 Å². The standard InChI is InChI=1S/C15H16BrNO2/c1-10-13(4-3-7-17-10)15(18)9-11-8-12(19-2)5-6-14(11)16/h3-8,15,18H,9H2,1-2H3. The SMILES string of the molecule is COc1ccc(Br)c(CC(O)c2cccnc2C)c1. The number of methoxy groups -OCH3 is 1. The Kier molecular flexibility index (Phi) is 4.56. The molecule has 0 saturated heterocycles. The molecule has 19 heavy (non-hydrogen) atoms. The lowest BCUT2D eigenvalue weighted by molar-refractivity contribution is 0.177. The summed E-state index contributed by atoms with van der Waals surface area (Å²) in [6.07, 6.45) is 1.68. The molecule has 1 atom stereocenters. The van der Waals surface area contributed by atoms with Crippen LogP contribution in [0.1, 0.15) is 22.9 Å². The molecule has 0 bridgehead atoms. The zero-order valence-electron chi connectivity index (χ0n) is 10.9. The largest absolute Gasteiger partial charge is 0.497 e. The van der Waals surface area contributed by atoms with Crippen molar-refractivity contribution in [3.8, 4) is 5.75 Å². The first-order chi connectivity index (χ1) is 9.11. The van der Waals surface area contributed by atoms with E-state index >= 15 is 0 Å². The first-order valence-electron chi connectivity index (χ1n) is 6.04. The van der Waals surface area contributed by atoms with Gasteiger partial charge in [0.05, 0.1) is 13.2 Å². The van der Waals surface area contributed by atoms with Crippen molar-refractivity contribution in [3.63, 3.8) is 0 Å². The minimum Gasteiger partial charge on any atom is -0.497 e. The lowest BCUT2D eigenvalue weighted by atomic mass is 10.0. The summed E-state index contributed by atoms with van der Waals surface area (Å²) < 4.78 is 6.17. The molecule has 3 nitrogen and oxygen atoms in total. The fourth-order valence-corrected chi connectivity index (χ4v) is 2.41. The fraction of sp³-hybridized carbons (Fsp3) is 0.267. The van der Waals surface area contributed by atoms with Crippen LogP contribution in [0.4, 0.5) is 0 Å². The Bertz CT molecular complexity index is 572. The normalized spacial score (nSPS) is 12.2. The Balaban J connectivity index is 2.24. The first kappa shape index (κ1) is 14.0. The van der Waals surface area contributed by atoms with Crippen molar-refractivity contribution in [2.24, 2.45) is 0 Å². The van der Waals surface area contributed by atoms with Crippen LogP contribution in [0.15, 0.2) is 41.0 Å². The maximum atomic E-state index is 10.3. The van der Waals surface area contributed by atoms with Gasteiger partial charge in [-0.3, -0.25) is 4.98 Å². The van der Waals surface area contributed by atoms with Crippen molar-refractivity contribution in [3.05, 3.63) is 57.8 Å². The van der Waals surface area contributed by atoms with Gasteiger partial charge in [0.25, 0.3) is 0 Å². The predicted octanol–water partition coefficient (Wildman–Crippen LogP) is 3.44. The van der Waals surface area contributed by atoms with Gasteiger partial charge in [0.2, 0.25) is 0 Å². The lowest BCUT2D eigenvalue weighted by Gasteiger charge is -2.14. The quantitative estimate of drug-likeness (QED) is 0.938. The van der Waals surface area contributed by atoms with Crippen molar-refractivity contribution in [1.29, 1.82) is 0 Å². The average molecular weight is 322 g/mol. The third kappa shape index (κ3) is 3.33. The number of hydrogen-bond donors (Lipinski definition) is 1. The van der Waals surface area contributed by atoms with Gasteiger partial charge in [0, 0.05) is 28.3 Å². The summed E-state index contributed by atoms with van der Waals surface area (Å²) in [6.45, 7) is 1.90. The third-order valence-corrected chi connectivity index (χ3v) is 3.85. The van der Waals surface area contributed by atoms with Crippen molar-refractivity contribution in [1.82, 2.24) is 4.98 Å². The highest BCUT2D eigenvalue weighted by Crippen LogP contribution is 2.28. The van der Waals surface area contributed by atoms with E-state index in [-0.39, 0.29) is 0 Å². The number of pyridine rings is 1. The number of benzene rings is 1. The second kappa shape index (κ2) is 6.17. The predicted molar refractivity (Wildman–Crippen MR) is 78.3 cm³/mol. The number of aryl methyl sites for hydroxylation is 1. The zero-order valence-corrected chi connectivity index (χ0v) is 12.5. The molecule has 2 aromatic rings. The van der Waals surface area contributed by atoms with Crippen LogP contribution in [0.3, 0.4) is 0 Å². The van der Waals surface area contributed by atoms with Gasteiger partial charge in [-0.1, -0.05) is 22.0 Å². The molecule has 1 aromatic heterocycles. The molecular weight excluding hydrogens is 306 g/mol. The Morgan fingerprint density at radius 1 is 1.37 bits per heavy atom. The minimum atomic E-state index is -0.572. The number of halogens is 1. The number of aliphatic hydroxyl groups excluding tert-OH is 1. The van der Waals surface area contributed by atoms with Crippen LogP contribution in [-0.2, 0) is 6.42 Å². The van der Waals surface area contributed by atoms with E-state index in [0.29, 0.717) is 6.42 Å². The number of ether oxygens (including phenoxy) is 1. The van der Waals surface area contributed by atoms with E-state index in [2.05, 4.69) is 20.9 Å². The second-order valence-electron chi connectivity index (χ2n) is 4.36. The third-order valence-electron chi connectivity index (χ3n) is 3.07. The van der Waals surface area contributed by atoms with Gasteiger partial charge in [-0.05, 0) is 36.8 Å². The molecule has 100 valence electrons. The molecule has 0 aliphatic carbocycles. The highest BCUT2D eigenvalue weighted by molar-refractivity contribution is 9.10. The molecule has 0 spiro atoms. The van der Waals surface area contributed by atoms with Gasteiger partial charge in [-0.2, -0.15) is 0 Å². The zero-order chi connectivity index (χ0) is 13.8. The summed E-state index contributed by atoms with van der Waals surface area (Å²) in [5.74, 6) is 0.785. The first-order valence-corrected chi connectivity index (χ1v) is 6.83. The Morgan fingerprint density at radius 2 is 2.16 bits per heavy atom. The van der Waals surface area contributed by atoms with Gasteiger partial charge >= 0.3 is 0 Å². The summed E-state index contributed by atoms with van der Waals surface area (Å²) in [4.78, 5) is 4.20. The maximum absolute atomic E-state index is 10.3. The fourth-order valence-electron chi connectivity index (χ4n) is 2.00. The van der Waals surface area contributed by atoms with Crippen LogP contribution >= 0.6 is 15.9 Å². The van der Waals surface area contributed by atoms with E-state index in [4.69, 9.17) is 4.74 Å². The van der Waals surface area contributed by atoms with Crippen LogP contribution in [0.2, 0.25) is 0 Å². The Hall–Kier alpha value is -1.39. The second-order valence-corrected chi connectivity index (χ2v) is 5.21. The monoisotopic (exact) mass is 321 g/mol. The molecule has 0 aliphatic heterocycles. The van der Waals surface area contributed by atoms with Crippen LogP contribution in [-0.4, -0.2) is 17.2 Å². The van der Waals surface area contributed by atoms with Gasteiger partial charge in [-0.15, -0.1) is 0 Å². The number of hydrogen-bond acceptors (Lipinski definition) is 3. The molecule has 1 aromatic carbocycles. The molecule has 0 fully saturated rings. The van der Waals surface area contributed by atoms with Gasteiger partial charge < -0.3 is 9.84 Å². The van der Waals surface area contributed by atoms with Crippen LogP contribution in [0.5, 0.6) is 5.75 Å². The molecule has 1 unspecified atom stereocenters. The molecule has 1 N–H and O–H groups in total. The van der Waals surface area contributed by atoms with E-state index in [1.165, 1.54) is 0 Å². The van der Waals surface area contributed by atoms with Crippen molar-refractivity contribution in [2.75, 3.05) is 7.11 Å². The smallest absolute Gasteiger partial charge is 0.119 e. The van der Waals surface area contributed by atoms with E-state index in [1.54, 1.807) is 13.3 Å². The van der Waals surface area contributed by atoms with Crippen molar-refractivity contribution in [2.45, 2.75) is 19.4 Å². The molecule has 0 aliphatic rings. The minimum absolute atomic E-state index is 0.518. The summed E-state index contributed by atoms with van der Waals surface area (Å²) in [7, 11) is 1.63. The highest BCUT2D eigenvalue weighted by atomic mass is 79.9. The number of aliphatic hydroxyl groups is 1. The number of rotatable bonds is 4. The van der Waals surface area contributed by atoms with E-state index in [1.807, 2.05) is 37.3 Å². The summed E-state index contributed by atoms with van der Waals surface area (Å²) in [6, 6.07) is 9.48. The molecule has 1 heterocycles. The molecular formula is C15H16BrNO2. The molecule has 0 amide bonds. The summed E-state index contributed by atoms with van der Waals surface area (Å²) >= 11 is 3.50. The van der Waals surface area contributed by atoms with Gasteiger partial charge in [0.1, 0.15) is 5.75 Å². The van der Waals surface area contributed by atoms with E-state index in [9.17, 15) is 5.11 Å². The van der Waals surface area contributed by atoms with Crippen LogP contribution in [0.25, 0.3) is 0 Å². The molecule has 2 rings (SSSR count). The average Bonchev–Trinajstić information content (AvgIpc) is 2.41. The number of nitrogens with zero attached hydrogens (tertiary/aromatic N) is 1. The van der Waals surface area contributed by atoms with E-state index in [0.717, 1.165) is 27.0 Å². The molecule has 4 heteroatoms. The number of aromatic nitrogens is 1. The van der Waals surface area contributed by atoms with Gasteiger partial charge in [-0.25, -0.2) is 0 Å². The molecule has 0 radical (unpaired) electrons. The Labute approximate surface area is 121 Å². The molecule has 0 saturated carbocycles. The van der Waals surface area contributed by atoms with Crippen LogP contribution in [0, 0.1) is 6.92 Å². The van der Waals surface area contributed by atoms with Crippen LogP contribution < -0.4 is 4.74 Å². The lowest BCUT2D eigenvalue weighted by Crippen LogP contribution is -2.05. The van der Waals surface area contributed by atoms with Gasteiger partial charge in [0.15, 0.2) is 0 Å². The Morgan fingerprint density at radius 3 is 2.84 bits per heavy atom. The van der Waals surface area contributed by atoms with Crippen molar-refractivity contribution >= 4 is 15.9 Å². The van der Waals surface area contributed by atoms with Crippen molar-refractivity contribution < 1.29 is 9.84 Å². The topological polar surface area (TPSA) is 42.4 Å². The highest BCUT2D eigenvalue weighted by Gasteiger charge is 2.13.